The number of hydrogen-bond acceptors (Lipinski definition) is 4. The molecule has 0 atom stereocenters. The maximum absolute atomic E-state index is 12.4. The van der Waals surface area contributed by atoms with Crippen molar-refractivity contribution in [2.24, 2.45) is 0 Å². The molecule has 5 nitrogen and oxygen atoms in total. The third-order valence-corrected chi connectivity index (χ3v) is 3.63. The number of benzene rings is 1. The van der Waals surface area contributed by atoms with Gasteiger partial charge in [0.2, 0.25) is 0 Å². The number of hydrogen-bond donors (Lipinski definition) is 2. The van der Waals surface area contributed by atoms with E-state index in [1.165, 1.54) is 11.1 Å². The summed E-state index contributed by atoms with van der Waals surface area (Å²) in [5.74, 6) is -0.110. The van der Waals surface area contributed by atoms with E-state index in [0.717, 1.165) is 18.8 Å². The van der Waals surface area contributed by atoms with Gasteiger partial charge in [0.25, 0.3) is 5.91 Å². The van der Waals surface area contributed by atoms with Gasteiger partial charge in [-0.15, -0.1) is 0 Å². The molecule has 2 aromatic rings. The van der Waals surface area contributed by atoms with Crippen LogP contribution in [0, 0.1) is 0 Å². The molecule has 2 heterocycles. The minimum Gasteiger partial charge on any atom is -0.376 e. The summed E-state index contributed by atoms with van der Waals surface area (Å²) in [7, 11) is 3.87. The minimum atomic E-state index is -0.110. The minimum absolute atomic E-state index is 0.110. The van der Waals surface area contributed by atoms with Crippen LogP contribution in [0.15, 0.2) is 36.7 Å². The van der Waals surface area contributed by atoms with Crippen LogP contribution in [0.3, 0.4) is 0 Å². The molecule has 1 aliphatic rings. The van der Waals surface area contributed by atoms with Gasteiger partial charge in [0.15, 0.2) is 0 Å². The Morgan fingerprint density at radius 1 is 1.24 bits per heavy atom. The van der Waals surface area contributed by atoms with Crippen molar-refractivity contribution in [3.8, 4) is 0 Å². The van der Waals surface area contributed by atoms with Crippen molar-refractivity contribution in [3.05, 3.63) is 53.3 Å². The molecule has 21 heavy (non-hydrogen) atoms. The molecule has 0 bridgehead atoms. The highest BCUT2D eigenvalue weighted by molar-refractivity contribution is 6.06. The molecule has 108 valence electrons. The lowest BCUT2D eigenvalue weighted by atomic mass is 10.1. The number of fused-ring (bicyclic) bond motifs is 1. The molecule has 3 rings (SSSR count). The summed E-state index contributed by atoms with van der Waals surface area (Å²) in [5.41, 5.74) is 4.78. The quantitative estimate of drug-likeness (QED) is 0.904. The van der Waals surface area contributed by atoms with E-state index in [4.69, 9.17) is 0 Å². The first-order valence-corrected chi connectivity index (χ1v) is 6.90. The van der Waals surface area contributed by atoms with E-state index >= 15 is 0 Å². The molecule has 0 aliphatic carbocycles. The Morgan fingerprint density at radius 3 is 2.86 bits per heavy atom. The summed E-state index contributed by atoms with van der Waals surface area (Å²) in [6.07, 6.45) is 3.38. The molecular weight excluding hydrogens is 264 g/mol. The van der Waals surface area contributed by atoms with Gasteiger partial charge in [-0.1, -0.05) is 6.07 Å². The van der Waals surface area contributed by atoms with E-state index in [0.29, 0.717) is 11.3 Å². The monoisotopic (exact) mass is 282 g/mol. The molecule has 0 spiro atoms. The second-order valence-electron chi connectivity index (χ2n) is 5.33. The lowest BCUT2D eigenvalue weighted by Crippen LogP contribution is -2.17. The number of carbonyl (C=O) groups is 1. The Bertz CT molecular complexity index is 682. The largest absolute Gasteiger partial charge is 0.376 e. The Balaban J connectivity index is 1.84. The Labute approximate surface area is 124 Å². The molecule has 1 amide bonds. The zero-order chi connectivity index (χ0) is 14.8. The number of aromatic nitrogens is 1. The molecule has 0 saturated heterocycles. The summed E-state index contributed by atoms with van der Waals surface area (Å²) in [4.78, 5) is 18.4. The van der Waals surface area contributed by atoms with Crippen molar-refractivity contribution < 1.29 is 4.79 Å². The SMILES string of the molecule is CN(C)c1ccncc1NC(=O)c1ccc2c(c1)CNC2. The second-order valence-corrected chi connectivity index (χ2v) is 5.33. The number of anilines is 2. The fourth-order valence-electron chi connectivity index (χ4n) is 2.50. The Kier molecular flexibility index (Phi) is 3.58. The zero-order valence-electron chi connectivity index (χ0n) is 12.2. The van der Waals surface area contributed by atoms with Gasteiger partial charge in [-0.05, 0) is 29.3 Å². The first kappa shape index (κ1) is 13.6. The number of nitrogens with one attached hydrogen (secondary N) is 2. The molecule has 2 N–H and O–H groups in total. The highest BCUT2D eigenvalue weighted by Gasteiger charge is 2.15. The molecule has 1 aromatic heterocycles. The van der Waals surface area contributed by atoms with Gasteiger partial charge in [-0.2, -0.15) is 0 Å². The zero-order valence-corrected chi connectivity index (χ0v) is 12.2. The first-order chi connectivity index (χ1) is 10.1. The van der Waals surface area contributed by atoms with Gasteiger partial charge in [0.05, 0.1) is 17.6 Å². The van der Waals surface area contributed by atoms with Crippen LogP contribution in [0.25, 0.3) is 0 Å². The Hall–Kier alpha value is -2.40. The third-order valence-electron chi connectivity index (χ3n) is 3.63. The highest BCUT2D eigenvalue weighted by atomic mass is 16.1. The van der Waals surface area contributed by atoms with E-state index in [1.807, 2.05) is 43.3 Å². The van der Waals surface area contributed by atoms with Crippen LogP contribution < -0.4 is 15.5 Å². The van der Waals surface area contributed by atoms with Crippen LogP contribution in [0.5, 0.6) is 0 Å². The number of rotatable bonds is 3. The van der Waals surface area contributed by atoms with Crippen molar-refractivity contribution in [1.29, 1.82) is 0 Å². The average Bonchev–Trinajstić information content (AvgIpc) is 2.94. The van der Waals surface area contributed by atoms with E-state index in [9.17, 15) is 4.79 Å². The summed E-state index contributed by atoms with van der Waals surface area (Å²) in [6.45, 7) is 1.71. The lowest BCUT2D eigenvalue weighted by Gasteiger charge is -2.17. The van der Waals surface area contributed by atoms with Crippen molar-refractivity contribution in [1.82, 2.24) is 10.3 Å². The predicted octanol–water partition coefficient (Wildman–Crippen LogP) is 2.00. The van der Waals surface area contributed by atoms with Crippen LogP contribution in [-0.2, 0) is 13.1 Å². The van der Waals surface area contributed by atoms with E-state index in [1.54, 1.807) is 12.4 Å². The van der Waals surface area contributed by atoms with Crippen LogP contribution in [0.4, 0.5) is 11.4 Å². The van der Waals surface area contributed by atoms with Crippen LogP contribution in [-0.4, -0.2) is 25.0 Å². The van der Waals surface area contributed by atoms with Crippen molar-refractivity contribution in [3.63, 3.8) is 0 Å². The van der Waals surface area contributed by atoms with Gasteiger partial charge < -0.3 is 15.5 Å². The fraction of sp³-hybridized carbons (Fsp3) is 0.250. The van der Waals surface area contributed by atoms with E-state index < -0.39 is 0 Å². The van der Waals surface area contributed by atoms with Crippen molar-refractivity contribution in [2.75, 3.05) is 24.3 Å². The third kappa shape index (κ3) is 2.73. The number of amides is 1. The first-order valence-electron chi connectivity index (χ1n) is 6.90. The maximum atomic E-state index is 12.4. The Morgan fingerprint density at radius 2 is 2.05 bits per heavy atom. The second kappa shape index (κ2) is 5.54. The molecule has 1 aliphatic heterocycles. The van der Waals surface area contributed by atoms with Crippen molar-refractivity contribution in [2.45, 2.75) is 13.1 Å². The molecular formula is C16H18N4O. The van der Waals surface area contributed by atoms with Gasteiger partial charge in [0.1, 0.15) is 0 Å². The van der Waals surface area contributed by atoms with E-state index in [-0.39, 0.29) is 5.91 Å². The van der Waals surface area contributed by atoms with Crippen LogP contribution in [0.2, 0.25) is 0 Å². The van der Waals surface area contributed by atoms with Crippen LogP contribution in [0.1, 0.15) is 21.5 Å². The van der Waals surface area contributed by atoms with Gasteiger partial charge in [0, 0.05) is 38.9 Å². The number of pyridine rings is 1. The standard InChI is InChI=1S/C16H18N4O/c1-20(2)15-5-6-17-10-14(15)19-16(21)11-3-4-12-8-18-9-13(12)7-11/h3-7,10,18H,8-9H2,1-2H3,(H,19,21). The summed E-state index contributed by atoms with van der Waals surface area (Å²) >= 11 is 0. The average molecular weight is 282 g/mol. The number of carbonyl (C=O) groups excluding carboxylic acids is 1. The van der Waals surface area contributed by atoms with Gasteiger partial charge in [-0.25, -0.2) is 0 Å². The molecule has 0 fully saturated rings. The number of nitrogens with zero attached hydrogens (tertiary/aromatic N) is 2. The summed E-state index contributed by atoms with van der Waals surface area (Å²) in [6, 6.07) is 7.71. The molecule has 0 radical (unpaired) electrons. The topological polar surface area (TPSA) is 57.3 Å². The smallest absolute Gasteiger partial charge is 0.255 e. The summed E-state index contributed by atoms with van der Waals surface area (Å²) < 4.78 is 0. The molecule has 5 heteroatoms. The normalized spacial score (nSPS) is 12.9. The molecule has 0 unspecified atom stereocenters. The van der Waals surface area contributed by atoms with Crippen LogP contribution >= 0.6 is 0 Å². The molecule has 0 saturated carbocycles. The lowest BCUT2D eigenvalue weighted by molar-refractivity contribution is 0.102. The van der Waals surface area contributed by atoms with Gasteiger partial charge >= 0.3 is 0 Å². The predicted molar refractivity (Wildman–Crippen MR) is 83.5 cm³/mol. The fourth-order valence-corrected chi connectivity index (χ4v) is 2.50. The molecule has 1 aromatic carbocycles. The van der Waals surface area contributed by atoms with Gasteiger partial charge in [-0.3, -0.25) is 9.78 Å². The van der Waals surface area contributed by atoms with Crippen molar-refractivity contribution >= 4 is 17.3 Å². The highest BCUT2D eigenvalue weighted by Crippen LogP contribution is 2.23. The van der Waals surface area contributed by atoms with E-state index in [2.05, 4.69) is 15.6 Å². The summed E-state index contributed by atoms with van der Waals surface area (Å²) in [5, 5.41) is 6.22. The maximum Gasteiger partial charge on any atom is 0.255 e.